The Hall–Kier alpha value is -3.55. The van der Waals surface area contributed by atoms with E-state index in [0.29, 0.717) is 35.1 Å². The van der Waals surface area contributed by atoms with Gasteiger partial charge in [-0.15, -0.1) is 0 Å². The molecule has 0 unspecified atom stereocenters. The third-order valence-corrected chi connectivity index (χ3v) is 4.04. The van der Waals surface area contributed by atoms with Gasteiger partial charge in [0.05, 0.1) is 32.1 Å². The van der Waals surface area contributed by atoms with E-state index in [0.717, 1.165) is 12.0 Å². The predicted octanol–water partition coefficient (Wildman–Crippen LogP) is 3.19. The summed E-state index contributed by atoms with van der Waals surface area (Å²) in [5.74, 6) is 0.882. The van der Waals surface area contributed by atoms with E-state index >= 15 is 0 Å². The maximum atomic E-state index is 12.0. The normalized spacial score (nSPS) is 10.9. The Bertz CT molecular complexity index is 893. The van der Waals surface area contributed by atoms with Crippen LogP contribution >= 0.6 is 0 Å². The molecule has 0 heterocycles. The molecule has 160 valence electrons. The number of esters is 1. The lowest BCUT2D eigenvalue weighted by Gasteiger charge is -2.10. The summed E-state index contributed by atoms with van der Waals surface area (Å²) in [5.41, 5.74) is 4.17. The smallest absolute Gasteiger partial charge is 0.338 e. The molecule has 0 saturated heterocycles. The quantitative estimate of drug-likeness (QED) is 0.364. The van der Waals surface area contributed by atoms with Gasteiger partial charge in [0.15, 0.2) is 6.61 Å². The van der Waals surface area contributed by atoms with Gasteiger partial charge >= 0.3 is 5.97 Å². The zero-order valence-electron chi connectivity index (χ0n) is 17.6. The first kappa shape index (κ1) is 22.7. The van der Waals surface area contributed by atoms with E-state index in [1.165, 1.54) is 0 Å². The van der Waals surface area contributed by atoms with E-state index < -0.39 is 5.91 Å². The van der Waals surface area contributed by atoms with Crippen LogP contribution in [0.15, 0.2) is 47.6 Å². The molecule has 0 bridgehead atoms. The number of ether oxygens (including phenoxy) is 4. The van der Waals surface area contributed by atoms with Crippen molar-refractivity contribution in [3.05, 3.63) is 53.6 Å². The number of nitrogens with one attached hydrogen (secondary N) is 1. The average Bonchev–Trinajstić information content (AvgIpc) is 2.79. The molecule has 30 heavy (non-hydrogen) atoms. The number of nitrogens with zero attached hydrogens (tertiary/aromatic N) is 1. The molecule has 1 amide bonds. The zero-order chi connectivity index (χ0) is 21.9. The van der Waals surface area contributed by atoms with Crippen molar-refractivity contribution in [3.8, 4) is 17.2 Å². The third kappa shape index (κ3) is 6.51. The van der Waals surface area contributed by atoms with Crippen LogP contribution in [-0.4, -0.2) is 45.0 Å². The molecule has 2 aromatic carbocycles. The van der Waals surface area contributed by atoms with Crippen molar-refractivity contribution in [2.24, 2.45) is 5.10 Å². The van der Waals surface area contributed by atoms with E-state index in [4.69, 9.17) is 18.9 Å². The summed E-state index contributed by atoms with van der Waals surface area (Å²) in [6.07, 6.45) is 0.759. The highest BCUT2D eigenvalue weighted by molar-refractivity contribution is 6.01. The molecule has 0 saturated carbocycles. The van der Waals surface area contributed by atoms with Crippen LogP contribution in [0, 0.1) is 0 Å². The van der Waals surface area contributed by atoms with E-state index in [-0.39, 0.29) is 12.6 Å². The van der Waals surface area contributed by atoms with Gasteiger partial charge in [-0.25, -0.2) is 10.2 Å². The molecular weight excluding hydrogens is 388 g/mol. The molecule has 8 nitrogen and oxygen atoms in total. The maximum absolute atomic E-state index is 12.0. The average molecular weight is 414 g/mol. The van der Waals surface area contributed by atoms with Crippen molar-refractivity contribution >= 4 is 17.6 Å². The van der Waals surface area contributed by atoms with Gasteiger partial charge in [0.1, 0.15) is 17.2 Å². The number of rotatable bonds is 10. The van der Waals surface area contributed by atoms with E-state index in [2.05, 4.69) is 10.5 Å². The van der Waals surface area contributed by atoms with E-state index in [1.807, 2.05) is 6.92 Å². The molecule has 0 spiro atoms. The molecule has 0 atom stereocenters. The van der Waals surface area contributed by atoms with Crippen molar-refractivity contribution < 1.29 is 28.5 Å². The second-order valence-corrected chi connectivity index (χ2v) is 6.25. The van der Waals surface area contributed by atoms with Crippen LogP contribution in [0.1, 0.15) is 36.2 Å². The first-order valence-corrected chi connectivity index (χ1v) is 9.44. The summed E-state index contributed by atoms with van der Waals surface area (Å²) < 4.78 is 21.0. The minimum Gasteiger partial charge on any atom is -0.497 e. The van der Waals surface area contributed by atoms with Crippen LogP contribution in [0.25, 0.3) is 0 Å². The molecule has 0 aliphatic carbocycles. The lowest BCUT2D eigenvalue weighted by atomic mass is 10.1. The van der Waals surface area contributed by atoms with E-state index in [1.54, 1.807) is 63.6 Å². The summed E-state index contributed by atoms with van der Waals surface area (Å²) in [6.45, 7) is 3.83. The number of carbonyl (C=O) groups is 2. The molecule has 2 aromatic rings. The lowest BCUT2D eigenvalue weighted by molar-refractivity contribution is -0.123. The van der Waals surface area contributed by atoms with Crippen LogP contribution in [0.5, 0.6) is 17.2 Å². The van der Waals surface area contributed by atoms with Gasteiger partial charge in [0, 0.05) is 11.6 Å². The van der Waals surface area contributed by atoms with Crippen LogP contribution in [0.4, 0.5) is 0 Å². The first-order chi connectivity index (χ1) is 14.5. The Morgan fingerprint density at radius 3 is 2.33 bits per heavy atom. The third-order valence-electron chi connectivity index (χ3n) is 4.04. The summed E-state index contributed by atoms with van der Waals surface area (Å²) in [5, 5.41) is 4.09. The van der Waals surface area contributed by atoms with Crippen molar-refractivity contribution in [1.29, 1.82) is 0 Å². The standard InChI is InChI=1S/C22H26N2O6/c1-5-12-29-22(26)16-6-8-17(9-7-16)30-14-21(25)24-23-15(2)19-11-10-18(27-3)13-20(19)28-4/h6-11,13H,5,12,14H2,1-4H3,(H,24,25)/b23-15+. The van der Waals surface area contributed by atoms with E-state index in [9.17, 15) is 9.59 Å². The van der Waals surface area contributed by atoms with Gasteiger partial charge in [-0.05, 0) is 49.7 Å². The molecule has 1 N–H and O–H groups in total. The summed E-state index contributed by atoms with van der Waals surface area (Å²) in [6, 6.07) is 11.7. The summed E-state index contributed by atoms with van der Waals surface area (Å²) in [7, 11) is 3.12. The topological polar surface area (TPSA) is 95.5 Å². The molecule has 0 aliphatic rings. The SMILES string of the molecule is CCCOC(=O)c1ccc(OCC(=O)N/N=C(\C)c2ccc(OC)cc2OC)cc1. The van der Waals surface area contributed by atoms with Gasteiger partial charge in [0.25, 0.3) is 5.91 Å². The monoisotopic (exact) mass is 414 g/mol. The fourth-order valence-electron chi connectivity index (χ4n) is 2.45. The zero-order valence-corrected chi connectivity index (χ0v) is 17.6. The van der Waals surface area contributed by atoms with Crippen molar-refractivity contribution in [2.45, 2.75) is 20.3 Å². The maximum Gasteiger partial charge on any atom is 0.338 e. The number of hydrogen-bond acceptors (Lipinski definition) is 7. The first-order valence-electron chi connectivity index (χ1n) is 9.44. The largest absolute Gasteiger partial charge is 0.497 e. The highest BCUT2D eigenvalue weighted by atomic mass is 16.5. The Balaban J connectivity index is 1.89. The number of amides is 1. The lowest BCUT2D eigenvalue weighted by Crippen LogP contribution is -2.25. The Kier molecular flexibility index (Phi) is 8.68. The van der Waals surface area contributed by atoms with Crippen LogP contribution in [0.2, 0.25) is 0 Å². The molecule has 0 aromatic heterocycles. The van der Waals surface area contributed by atoms with Crippen LogP contribution in [0.3, 0.4) is 0 Å². The highest BCUT2D eigenvalue weighted by Gasteiger charge is 2.10. The van der Waals surface area contributed by atoms with Gasteiger partial charge in [-0.2, -0.15) is 5.10 Å². The Labute approximate surface area is 175 Å². The number of methoxy groups -OCH3 is 2. The number of carbonyl (C=O) groups excluding carboxylic acids is 2. The molecule has 0 radical (unpaired) electrons. The minimum atomic E-state index is -0.423. The molecule has 0 fully saturated rings. The molecule has 2 rings (SSSR count). The molecule has 0 aliphatic heterocycles. The number of hydrogen-bond donors (Lipinski definition) is 1. The minimum absolute atomic E-state index is 0.226. The molecule has 8 heteroatoms. The number of benzene rings is 2. The fourth-order valence-corrected chi connectivity index (χ4v) is 2.45. The summed E-state index contributed by atoms with van der Waals surface area (Å²) >= 11 is 0. The van der Waals surface area contributed by atoms with Crippen molar-refractivity contribution in [3.63, 3.8) is 0 Å². The van der Waals surface area contributed by atoms with Crippen LogP contribution in [-0.2, 0) is 9.53 Å². The predicted molar refractivity (Wildman–Crippen MR) is 112 cm³/mol. The van der Waals surface area contributed by atoms with Gasteiger partial charge < -0.3 is 18.9 Å². The van der Waals surface area contributed by atoms with Crippen molar-refractivity contribution in [1.82, 2.24) is 5.43 Å². The van der Waals surface area contributed by atoms with Gasteiger partial charge in [-0.3, -0.25) is 4.79 Å². The highest BCUT2D eigenvalue weighted by Crippen LogP contribution is 2.25. The molecular formula is C22H26N2O6. The van der Waals surface area contributed by atoms with Gasteiger partial charge in [-0.1, -0.05) is 6.92 Å². The van der Waals surface area contributed by atoms with Gasteiger partial charge in [0.2, 0.25) is 0 Å². The van der Waals surface area contributed by atoms with Crippen LogP contribution < -0.4 is 19.6 Å². The Morgan fingerprint density at radius 1 is 1.00 bits per heavy atom. The summed E-state index contributed by atoms with van der Waals surface area (Å²) in [4.78, 5) is 23.8. The van der Waals surface area contributed by atoms with Crippen molar-refractivity contribution in [2.75, 3.05) is 27.4 Å². The second-order valence-electron chi connectivity index (χ2n) is 6.25. The second kappa shape index (κ2) is 11.5. The fraction of sp³-hybridized carbons (Fsp3) is 0.318. The number of hydrazone groups is 1. The Morgan fingerprint density at radius 2 is 1.70 bits per heavy atom.